The van der Waals surface area contributed by atoms with Crippen LogP contribution in [0.15, 0.2) is 55.0 Å². The molecule has 0 radical (unpaired) electrons. The predicted molar refractivity (Wildman–Crippen MR) is 127 cm³/mol. The number of nitrogens with one attached hydrogen (secondary N) is 1. The van der Waals surface area contributed by atoms with Crippen molar-refractivity contribution in [2.24, 2.45) is 0 Å². The third-order valence-corrected chi connectivity index (χ3v) is 6.34. The molecule has 0 bridgehead atoms. The van der Waals surface area contributed by atoms with Crippen LogP contribution >= 0.6 is 11.3 Å². The Morgan fingerprint density at radius 1 is 1.09 bits per heavy atom. The molecule has 0 fully saturated rings. The summed E-state index contributed by atoms with van der Waals surface area (Å²) in [6.07, 6.45) is 3.28. The van der Waals surface area contributed by atoms with Gasteiger partial charge in [-0.1, -0.05) is 23.8 Å². The molecule has 0 spiro atoms. The number of carbonyl (C=O) groups is 1. The topological polar surface area (TPSA) is 80.2 Å². The minimum absolute atomic E-state index is 0.0475. The average Bonchev–Trinajstić information content (AvgIpc) is 3.16. The minimum Gasteiger partial charge on any atom is -0.492 e. The van der Waals surface area contributed by atoms with E-state index in [9.17, 15) is 4.79 Å². The summed E-state index contributed by atoms with van der Waals surface area (Å²) in [5.41, 5.74) is 2.98. The van der Waals surface area contributed by atoms with Gasteiger partial charge < -0.3 is 15.0 Å². The predicted octanol–water partition coefficient (Wildman–Crippen LogP) is 4.47. The number of thiophene rings is 1. The molecule has 0 aliphatic heterocycles. The fraction of sp³-hybridized carbons (Fsp3) is 0.250. The van der Waals surface area contributed by atoms with Gasteiger partial charge in [0.05, 0.1) is 29.0 Å². The molecule has 3 aromatic heterocycles. The van der Waals surface area contributed by atoms with E-state index in [0.29, 0.717) is 30.4 Å². The van der Waals surface area contributed by atoms with E-state index in [1.807, 2.05) is 56.3 Å². The van der Waals surface area contributed by atoms with Crippen LogP contribution in [0, 0.1) is 13.8 Å². The Morgan fingerprint density at radius 3 is 2.66 bits per heavy atom. The van der Waals surface area contributed by atoms with Crippen LogP contribution in [0.2, 0.25) is 0 Å². The lowest BCUT2D eigenvalue weighted by atomic mass is 10.2. The average molecular weight is 448 g/mol. The lowest BCUT2D eigenvalue weighted by molar-refractivity contribution is 0.0778. The van der Waals surface area contributed by atoms with Gasteiger partial charge in [-0.2, -0.15) is 0 Å². The van der Waals surface area contributed by atoms with Gasteiger partial charge in [0, 0.05) is 13.2 Å². The number of benzene rings is 1. The van der Waals surface area contributed by atoms with Gasteiger partial charge >= 0.3 is 0 Å². The van der Waals surface area contributed by atoms with Crippen LogP contribution in [-0.2, 0) is 6.54 Å². The van der Waals surface area contributed by atoms with E-state index in [4.69, 9.17) is 4.74 Å². The van der Waals surface area contributed by atoms with Crippen molar-refractivity contribution in [3.8, 4) is 5.75 Å². The maximum atomic E-state index is 13.1. The van der Waals surface area contributed by atoms with E-state index in [1.54, 1.807) is 18.1 Å². The molecular weight excluding hydrogens is 422 g/mol. The minimum atomic E-state index is -0.0475. The number of nitrogens with zero attached hydrogens (tertiary/aromatic N) is 4. The number of rotatable bonds is 8. The van der Waals surface area contributed by atoms with Crippen molar-refractivity contribution in [3.63, 3.8) is 0 Å². The number of fused-ring (bicyclic) bond motifs is 1. The number of amides is 1. The van der Waals surface area contributed by atoms with Crippen LogP contribution in [0.25, 0.3) is 10.2 Å². The number of anilines is 1. The van der Waals surface area contributed by atoms with Crippen LogP contribution < -0.4 is 10.1 Å². The van der Waals surface area contributed by atoms with Crippen molar-refractivity contribution in [2.45, 2.75) is 20.4 Å². The van der Waals surface area contributed by atoms with Crippen LogP contribution in [0.5, 0.6) is 5.75 Å². The zero-order valence-electron chi connectivity index (χ0n) is 18.3. The van der Waals surface area contributed by atoms with Crippen molar-refractivity contribution >= 4 is 33.3 Å². The standard InChI is InChI=1S/C24H25N5O2S/c1-16-7-9-19(10-8-16)31-13-12-29(3)24(30)21-17(2)20-22(27-15-28-23(20)32-21)26-14-18-6-4-5-11-25-18/h4-11,15H,12-14H2,1-3H3,(H,26,27,28). The molecule has 0 atom stereocenters. The van der Waals surface area contributed by atoms with E-state index in [-0.39, 0.29) is 5.91 Å². The van der Waals surface area contributed by atoms with Crippen molar-refractivity contribution < 1.29 is 9.53 Å². The van der Waals surface area contributed by atoms with Crippen LogP contribution in [0.4, 0.5) is 5.82 Å². The molecule has 1 N–H and O–H groups in total. The van der Waals surface area contributed by atoms with Crippen LogP contribution in [0.3, 0.4) is 0 Å². The monoisotopic (exact) mass is 447 g/mol. The maximum absolute atomic E-state index is 13.1. The normalized spacial score (nSPS) is 10.8. The first-order chi connectivity index (χ1) is 15.5. The van der Waals surface area contributed by atoms with Crippen molar-refractivity contribution in [1.82, 2.24) is 19.9 Å². The summed E-state index contributed by atoms with van der Waals surface area (Å²) >= 11 is 1.39. The number of ether oxygens (including phenoxy) is 1. The number of pyridine rings is 1. The molecule has 0 saturated carbocycles. The number of carbonyl (C=O) groups excluding carboxylic acids is 1. The number of hydrogen-bond acceptors (Lipinski definition) is 7. The Balaban J connectivity index is 1.45. The van der Waals surface area contributed by atoms with Gasteiger partial charge in [-0.3, -0.25) is 9.78 Å². The summed E-state index contributed by atoms with van der Waals surface area (Å²) < 4.78 is 5.77. The maximum Gasteiger partial charge on any atom is 0.264 e. The summed E-state index contributed by atoms with van der Waals surface area (Å²) in [6, 6.07) is 13.7. The highest BCUT2D eigenvalue weighted by molar-refractivity contribution is 7.20. The molecule has 4 rings (SSSR count). The van der Waals surface area contributed by atoms with Gasteiger partial charge in [0.25, 0.3) is 5.91 Å². The summed E-state index contributed by atoms with van der Waals surface area (Å²) in [5.74, 6) is 1.46. The van der Waals surface area contributed by atoms with Gasteiger partial charge in [0.15, 0.2) is 0 Å². The molecule has 32 heavy (non-hydrogen) atoms. The molecular formula is C24H25N5O2S. The van der Waals surface area contributed by atoms with Gasteiger partial charge in [-0.25, -0.2) is 9.97 Å². The fourth-order valence-electron chi connectivity index (χ4n) is 3.30. The number of aromatic nitrogens is 3. The Labute approximate surface area is 191 Å². The Morgan fingerprint density at radius 2 is 1.91 bits per heavy atom. The van der Waals surface area contributed by atoms with E-state index in [1.165, 1.54) is 23.2 Å². The quantitative estimate of drug-likeness (QED) is 0.429. The Kier molecular flexibility index (Phi) is 6.61. The van der Waals surface area contributed by atoms with E-state index in [2.05, 4.69) is 20.3 Å². The molecule has 8 heteroatoms. The van der Waals surface area contributed by atoms with Crippen LogP contribution in [-0.4, -0.2) is 46.0 Å². The van der Waals surface area contributed by atoms with Gasteiger partial charge in [0.2, 0.25) is 0 Å². The summed E-state index contributed by atoms with van der Waals surface area (Å²) in [6.45, 7) is 5.43. The Hall–Kier alpha value is -3.52. The first-order valence-corrected chi connectivity index (χ1v) is 11.2. The third kappa shape index (κ3) is 4.86. The highest BCUT2D eigenvalue weighted by Crippen LogP contribution is 2.34. The van der Waals surface area contributed by atoms with E-state index in [0.717, 1.165) is 27.2 Å². The molecule has 4 aromatic rings. The molecule has 1 aromatic carbocycles. The molecule has 0 unspecified atom stereocenters. The molecule has 1 amide bonds. The second-order valence-electron chi connectivity index (χ2n) is 7.52. The second kappa shape index (κ2) is 9.74. The molecule has 164 valence electrons. The first-order valence-electron chi connectivity index (χ1n) is 10.4. The smallest absolute Gasteiger partial charge is 0.264 e. The largest absolute Gasteiger partial charge is 0.492 e. The van der Waals surface area contributed by atoms with Gasteiger partial charge in [-0.05, 0) is 43.7 Å². The number of likely N-dealkylation sites (N-methyl/N-ethyl adjacent to an activating group) is 1. The molecule has 0 aliphatic carbocycles. The fourth-order valence-corrected chi connectivity index (χ4v) is 4.44. The zero-order valence-corrected chi connectivity index (χ0v) is 19.1. The number of hydrogen-bond donors (Lipinski definition) is 1. The van der Waals surface area contributed by atoms with Crippen molar-refractivity contribution in [2.75, 3.05) is 25.5 Å². The van der Waals surface area contributed by atoms with Gasteiger partial charge in [0.1, 0.15) is 29.3 Å². The highest BCUT2D eigenvalue weighted by Gasteiger charge is 2.22. The van der Waals surface area contributed by atoms with Crippen molar-refractivity contribution in [3.05, 3.63) is 76.7 Å². The van der Waals surface area contributed by atoms with E-state index < -0.39 is 0 Å². The molecule has 0 aliphatic rings. The van der Waals surface area contributed by atoms with Crippen LogP contribution in [0.1, 0.15) is 26.5 Å². The second-order valence-corrected chi connectivity index (χ2v) is 8.52. The number of aryl methyl sites for hydroxylation is 2. The van der Waals surface area contributed by atoms with Crippen molar-refractivity contribution in [1.29, 1.82) is 0 Å². The lowest BCUT2D eigenvalue weighted by Gasteiger charge is -2.17. The Bertz CT molecular complexity index is 1210. The first kappa shape index (κ1) is 21.7. The lowest BCUT2D eigenvalue weighted by Crippen LogP contribution is -2.30. The summed E-state index contributed by atoms with van der Waals surface area (Å²) in [5, 5.41) is 4.21. The summed E-state index contributed by atoms with van der Waals surface area (Å²) in [7, 11) is 1.79. The van der Waals surface area contributed by atoms with E-state index >= 15 is 0 Å². The third-order valence-electron chi connectivity index (χ3n) is 5.15. The molecule has 7 nitrogen and oxygen atoms in total. The van der Waals surface area contributed by atoms with Gasteiger partial charge in [-0.15, -0.1) is 11.3 Å². The molecule has 3 heterocycles. The summed E-state index contributed by atoms with van der Waals surface area (Å²) in [4.78, 5) is 29.4. The SMILES string of the molecule is Cc1ccc(OCCN(C)C(=O)c2sc3ncnc(NCc4ccccn4)c3c2C)cc1. The molecule has 0 saturated heterocycles. The zero-order chi connectivity index (χ0) is 22.5. The highest BCUT2D eigenvalue weighted by atomic mass is 32.1.